The SMILES string of the molecule is Fc1ccc2c(ccn2CCCCc2ccccc2)c1. The number of hydrogen-bond donors (Lipinski definition) is 0. The van der Waals surface area contributed by atoms with Crippen molar-refractivity contribution in [1.82, 2.24) is 4.57 Å². The molecule has 0 spiro atoms. The van der Waals surface area contributed by atoms with Gasteiger partial charge in [0.25, 0.3) is 0 Å². The van der Waals surface area contributed by atoms with Crippen molar-refractivity contribution in [2.45, 2.75) is 25.8 Å². The summed E-state index contributed by atoms with van der Waals surface area (Å²) in [6.45, 7) is 0.988. The van der Waals surface area contributed by atoms with E-state index in [4.69, 9.17) is 0 Å². The third kappa shape index (κ3) is 2.90. The Bertz CT molecular complexity index is 685. The normalized spacial score (nSPS) is 11.1. The lowest BCUT2D eigenvalue weighted by molar-refractivity contribution is 0.621. The predicted octanol–water partition coefficient (Wildman–Crippen LogP) is 4.80. The molecule has 0 N–H and O–H groups in total. The third-order valence-corrected chi connectivity index (χ3v) is 3.69. The molecule has 3 rings (SSSR count). The van der Waals surface area contributed by atoms with Gasteiger partial charge < -0.3 is 4.57 Å². The van der Waals surface area contributed by atoms with E-state index in [9.17, 15) is 4.39 Å². The number of halogens is 1. The number of aryl methyl sites for hydroxylation is 2. The Balaban J connectivity index is 1.58. The van der Waals surface area contributed by atoms with E-state index in [-0.39, 0.29) is 5.82 Å². The van der Waals surface area contributed by atoms with Crippen LogP contribution in [-0.4, -0.2) is 4.57 Å². The van der Waals surface area contributed by atoms with E-state index in [2.05, 4.69) is 34.9 Å². The topological polar surface area (TPSA) is 4.93 Å². The molecule has 1 heterocycles. The van der Waals surface area contributed by atoms with Crippen molar-refractivity contribution < 1.29 is 4.39 Å². The van der Waals surface area contributed by atoms with Crippen LogP contribution in [0.25, 0.3) is 10.9 Å². The van der Waals surface area contributed by atoms with Gasteiger partial charge in [-0.2, -0.15) is 0 Å². The molecular formula is C18H18FN. The summed E-state index contributed by atoms with van der Waals surface area (Å²) in [4.78, 5) is 0. The summed E-state index contributed by atoms with van der Waals surface area (Å²) in [6.07, 6.45) is 5.47. The molecule has 3 aromatic rings. The molecule has 0 bridgehead atoms. The van der Waals surface area contributed by atoms with Crippen LogP contribution < -0.4 is 0 Å². The quantitative estimate of drug-likeness (QED) is 0.585. The van der Waals surface area contributed by atoms with Crippen LogP contribution >= 0.6 is 0 Å². The summed E-state index contributed by atoms with van der Waals surface area (Å²) in [6, 6.07) is 17.5. The van der Waals surface area contributed by atoms with Crippen molar-refractivity contribution in [3.05, 3.63) is 72.2 Å². The van der Waals surface area contributed by atoms with Gasteiger partial charge in [-0.1, -0.05) is 30.3 Å². The first-order valence-electron chi connectivity index (χ1n) is 7.11. The fourth-order valence-corrected chi connectivity index (χ4v) is 2.62. The van der Waals surface area contributed by atoms with Crippen LogP contribution in [0.5, 0.6) is 0 Å². The fraction of sp³-hybridized carbons (Fsp3) is 0.222. The Morgan fingerprint density at radius 2 is 1.75 bits per heavy atom. The van der Waals surface area contributed by atoms with Crippen LogP contribution in [0.1, 0.15) is 18.4 Å². The summed E-state index contributed by atoms with van der Waals surface area (Å²) in [7, 11) is 0. The van der Waals surface area contributed by atoms with E-state index < -0.39 is 0 Å². The average molecular weight is 267 g/mol. The monoisotopic (exact) mass is 267 g/mol. The fourth-order valence-electron chi connectivity index (χ4n) is 2.62. The zero-order valence-corrected chi connectivity index (χ0v) is 11.4. The molecule has 0 amide bonds. The molecule has 0 saturated heterocycles. The van der Waals surface area contributed by atoms with Crippen molar-refractivity contribution in [3.63, 3.8) is 0 Å². The van der Waals surface area contributed by atoms with Gasteiger partial charge in [-0.3, -0.25) is 0 Å². The Morgan fingerprint density at radius 3 is 2.60 bits per heavy atom. The second kappa shape index (κ2) is 5.91. The van der Waals surface area contributed by atoms with Gasteiger partial charge in [-0.25, -0.2) is 4.39 Å². The first-order chi connectivity index (χ1) is 9.83. The number of fused-ring (bicyclic) bond motifs is 1. The van der Waals surface area contributed by atoms with Gasteiger partial charge in [-0.05, 0) is 49.1 Å². The van der Waals surface area contributed by atoms with Crippen LogP contribution in [0.2, 0.25) is 0 Å². The van der Waals surface area contributed by atoms with E-state index in [1.54, 1.807) is 6.07 Å². The lowest BCUT2D eigenvalue weighted by Crippen LogP contribution is -1.97. The number of nitrogens with zero attached hydrogens (tertiary/aromatic N) is 1. The highest BCUT2D eigenvalue weighted by molar-refractivity contribution is 5.80. The molecule has 2 heteroatoms. The summed E-state index contributed by atoms with van der Waals surface area (Å²) >= 11 is 0. The van der Waals surface area contributed by atoms with Crippen LogP contribution in [0.3, 0.4) is 0 Å². The van der Waals surface area contributed by atoms with E-state index in [0.717, 1.165) is 30.3 Å². The second-order valence-electron chi connectivity index (χ2n) is 5.15. The highest BCUT2D eigenvalue weighted by Crippen LogP contribution is 2.18. The summed E-state index contributed by atoms with van der Waals surface area (Å²) < 4.78 is 15.3. The summed E-state index contributed by atoms with van der Waals surface area (Å²) in [5.74, 6) is -0.167. The predicted molar refractivity (Wildman–Crippen MR) is 81.3 cm³/mol. The number of aromatic nitrogens is 1. The minimum Gasteiger partial charge on any atom is -0.347 e. The second-order valence-corrected chi connectivity index (χ2v) is 5.15. The molecule has 0 atom stereocenters. The van der Waals surface area contributed by atoms with Gasteiger partial charge in [0, 0.05) is 23.6 Å². The largest absolute Gasteiger partial charge is 0.347 e. The molecular weight excluding hydrogens is 249 g/mol. The molecule has 2 aromatic carbocycles. The first-order valence-corrected chi connectivity index (χ1v) is 7.11. The minimum absolute atomic E-state index is 0.167. The van der Waals surface area contributed by atoms with E-state index in [1.165, 1.54) is 18.1 Å². The molecule has 0 saturated carbocycles. The summed E-state index contributed by atoms with van der Waals surface area (Å²) in [5.41, 5.74) is 2.51. The molecule has 0 fully saturated rings. The van der Waals surface area contributed by atoms with Gasteiger partial charge in [0.15, 0.2) is 0 Å². The maximum atomic E-state index is 13.1. The zero-order valence-electron chi connectivity index (χ0n) is 11.4. The average Bonchev–Trinajstić information content (AvgIpc) is 2.87. The lowest BCUT2D eigenvalue weighted by atomic mass is 10.1. The van der Waals surface area contributed by atoms with Gasteiger partial charge >= 0.3 is 0 Å². The van der Waals surface area contributed by atoms with Crippen molar-refractivity contribution in [1.29, 1.82) is 0 Å². The van der Waals surface area contributed by atoms with Gasteiger partial charge in [0.05, 0.1) is 0 Å². The zero-order chi connectivity index (χ0) is 13.8. The number of unbranched alkanes of at least 4 members (excludes halogenated alkanes) is 1. The summed E-state index contributed by atoms with van der Waals surface area (Å²) in [5, 5.41) is 0.980. The molecule has 0 radical (unpaired) electrons. The molecule has 20 heavy (non-hydrogen) atoms. The Kier molecular flexibility index (Phi) is 3.82. The van der Waals surface area contributed by atoms with E-state index in [1.807, 2.05) is 18.3 Å². The standard InChI is InChI=1S/C18H18FN/c19-17-9-10-18-16(14-17)11-13-20(18)12-5-4-8-15-6-2-1-3-7-15/h1-3,6-7,9-11,13-14H,4-5,8,12H2. The molecule has 1 aromatic heterocycles. The Morgan fingerprint density at radius 1 is 0.900 bits per heavy atom. The van der Waals surface area contributed by atoms with Gasteiger partial charge in [0.2, 0.25) is 0 Å². The molecule has 0 aliphatic heterocycles. The van der Waals surface area contributed by atoms with Crippen molar-refractivity contribution in [2.75, 3.05) is 0 Å². The van der Waals surface area contributed by atoms with Gasteiger partial charge in [0.1, 0.15) is 5.82 Å². The Labute approximate surface area is 118 Å². The van der Waals surface area contributed by atoms with Crippen LogP contribution in [0.15, 0.2) is 60.8 Å². The molecule has 1 nitrogen and oxygen atoms in total. The van der Waals surface area contributed by atoms with Crippen molar-refractivity contribution in [2.24, 2.45) is 0 Å². The van der Waals surface area contributed by atoms with Crippen molar-refractivity contribution in [3.8, 4) is 0 Å². The molecule has 102 valence electrons. The van der Waals surface area contributed by atoms with Crippen LogP contribution in [0, 0.1) is 5.82 Å². The Hall–Kier alpha value is -2.09. The van der Waals surface area contributed by atoms with Crippen LogP contribution in [-0.2, 0) is 13.0 Å². The first kappa shape index (κ1) is 12.9. The number of hydrogen-bond acceptors (Lipinski definition) is 0. The number of benzene rings is 2. The van der Waals surface area contributed by atoms with Crippen molar-refractivity contribution >= 4 is 10.9 Å². The maximum Gasteiger partial charge on any atom is 0.123 e. The van der Waals surface area contributed by atoms with E-state index >= 15 is 0 Å². The van der Waals surface area contributed by atoms with Crippen LogP contribution in [0.4, 0.5) is 4.39 Å². The third-order valence-electron chi connectivity index (χ3n) is 3.69. The maximum absolute atomic E-state index is 13.1. The highest BCUT2D eigenvalue weighted by Gasteiger charge is 2.02. The number of rotatable bonds is 5. The smallest absolute Gasteiger partial charge is 0.123 e. The van der Waals surface area contributed by atoms with Gasteiger partial charge in [-0.15, -0.1) is 0 Å². The molecule has 0 aliphatic carbocycles. The molecule has 0 unspecified atom stereocenters. The molecule has 0 aliphatic rings. The van der Waals surface area contributed by atoms with E-state index in [0.29, 0.717) is 0 Å². The minimum atomic E-state index is -0.167. The highest BCUT2D eigenvalue weighted by atomic mass is 19.1. The lowest BCUT2D eigenvalue weighted by Gasteiger charge is -2.06.